The smallest absolute Gasteiger partial charge is 0.271 e. The number of thiocarbonyl (C=S) groups is 1. The molecule has 21 heavy (non-hydrogen) atoms. The Bertz CT molecular complexity index is 656. The summed E-state index contributed by atoms with van der Waals surface area (Å²) in [4.78, 5) is 10.3. The zero-order valence-electron chi connectivity index (χ0n) is 11.4. The van der Waals surface area contributed by atoms with Crippen molar-refractivity contribution < 1.29 is 4.92 Å². The van der Waals surface area contributed by atoms with Crippen LogP contribution in [0.3, 0.4) is 0 Å². The van der Waals surface area contributed by atoms with Crippen LogP contribution in [-0.4, -0.2) is 19.8 Å². The third-order valence-corrected chi connectivity index (χ3v) is 3.01. The van der Waals surface area contributed by atoms with Gasteiger partial charge in [-0.25, -0.2) is 0 Å². The minimum absolute atomic E-state index is 0.0180. The van der Waals surface area contributed by atoms with Crippen LogP contribution in [0.25, 0.3) is 0 Å². The highest BCUT2D eigenvalue weighted by Gasteiger charge is 2.06. The van der Waals surface area contributed by atoms with Gasteiger partial charge in [0.15, 0.2) is 5.11 Å². The fourth-order valence-electron chi connectivity index (χ4n) is 1.72. The maximum Gasteiger partial charge on any atom is 0.271 e. The quantitative estimate of drug-likeness (QED) is 0.501. The van der Waals surface area contributed by atoms with Crippen molar-refractivity contribution in [1.82, 2.24) is 15.1 Å². The monoisotopic (exact) mass is 305 g/mol. The van der Waals surface area contributed by atoms with E-state index in [1.54, 1.807) is 12.1 Å². The molecule has 1 aromatic heterocycles. The molecule has 0 atom stereocenters. The molecule has 2 rings (SSSR count). The number of nitro benzene ring substituents is 1. The lowest BCUT2D eigenvalue weighted by atomic mass is 10.3. The Hall–Kier alpha value is -2.48. The Morgan fingerprint density at radius 2 is 2.29 bits per heavy atom. The molecule has 1 aromatic carbocycles. The molecule has 110 valence electrons. The van der Waals surface area contributed by atoms with Crippen LogP contribution in [0, 0.1) is 10.1 Å². The molecule has 0 unspecified atom stereocenters. The predicted molar refractivity (Wildman–Crippen MR) is 84.1 cm³/mol. The number of nitrogens with zero attached hydrogens (tertiary/aromatic N) is 3. The first kappa shape index (κ1) is 14.9. The van der Waals surface area contributed by atoms with E-state index in [-0.39, 0.29) is 5.69 Å². The molecule has 2 aromatic rings. The highest BCUT2D eigenvalue weighted by Crippen LogP contribution is 2.16. The highest BCUT2D eigenvalue weighted by atomic mass is 32.1. The summed E-state index contributed by atoms with van der Waals surface area (Å²) in [6, 6.07) is 8.09. The molecule has 0 aliphatic rings. The number of aryl methyl sites for hydroxylation is 1. The minimum Gasteiger partial charge on any atom is -0.357 e. The van der Waals surface area contributed by atoms with Crippen LogP contribution in [0.15, 0.2) is 36.5 Å². The second-order valence-corrected chi connectivity index (χ2v) is 4.69. The van der Waals surface area contributed by atoms with Gasteiger partial charge >= 0.3 is 0 Å². The number of hydrogen-bond acceptors (Lipinski definition) is 4. The van der Waals surface area contributed by atoms with Gasteiger partial charge in [-0.05, 0) is 31.3 Å². The zero-order valence-corrected chi connectivity index (χ0v) is 12.3. The highest BCUT2D eigenvalue weighted by molar-refractivity contribution is 7.80. The van der Waals surface area contributed by atoms with Crippen molar-refractivity contribution in [3.8, 4) is 0 Å². The van der Waals surface area contributed by atoms with Gasteiger partial charge in [-0.15, -0.1) is 0 Å². The fourth-order valence-corrected chi connectivity index (χ4v) is 1.91. The maximum absolute atomic E-state index is 10.7. The van der Waals surface area contributed by atoms with Crippen molar-refractivity contribution in [3.63, 3.8) is 0 Å². The lowest BCUT2D eigenvalue weighted by Crippen LogP contribution is -2.28. The van der Waals surface area contributed by atoms with E-state index in [0.29, 0.717) is 17.3 Å². The van der Waals surface area contributed by atoms with Crippen molar-refractivity contribution in [2.45, 2.75) is 20.0 Å². The molecule has 0 fully saturated rings. The number of benzene rings is 1. The van der Waals surface area contributed by atoms with Gasteiger partial charge in [0, 0.05) is 30.6 Å². The van der Waals surface area contributed by atoms with Crippen molar-refractivity contribution in [2.75, 3.05) is 5.32 Å². The maximum atomic E-state index is 10.7. The van der Waals surface area contributed by atoms with E-state index in [4.69, 9.17) is 12.2 Å². The first-order valence-corrected chi connectivity index (χ1v) is 6.81. The molecule has 0 saturated carbocycles. The Labute approximate surface area is 127 Å². The van der Waals surface area contributed by atoms with Gasteiger partial charge in [0.1, 0.15) is 0 Å². The number of non-ortho nitro benzene ring substituents is 1. The summed E-state index contributed by atoms with van der Waals surface area (Å²) in [5, 5.41) is 21.3. The predicted octanol–water partition coefficient (Wildman–Crippen LogP) is 2.30. The first-order valence-electron chi connectivity index (χ1n) is 6.40. The third kappa shape index (κ3) is 4.25. The fraction of sp³-hybridized carbons (Fsp3) is 0.231. The summed E-state index contributed by atoms with van der Waals surface area (Å²) >= 11 is 5.15. The van der Waals surface area contributed by atoms with E-state index >= 15 is 0 Å². The van der Waals surface area contributed by atoms with E-state index < -0.39 is 4.92 Å². The van der Waals surface area contributed by atoms with Crippen LogP contribution in [0.5, 0.6) is 0 Å². The van der Waals surface area contributed by atoms with Gasteiger partial charge in [-0.3, -0.25) is 14.8 Å². The van der Waals surface area contributed by atoms with Gasteiger partial charge in [-0.2, -0.15) is 5.10 Å². The Morgan fingerprint density at radius 1 is 1.48 bits per heavy atom. The average Bonchev–Trinajstić information content (AvgIpc) is 2.93. The van der Waals surface area contributed by atoms with Gasteiger partial charge in [0.05, 0.1) is 17.2 Å². The van der Waals surface area contributed by atoms with E-state index in [1.807, 2.05) is 23.9 Å². The number of nitrogens with one attached hydrogen (secondary N) is 2. The van der Waals surface area contributed by atoms with Gasteiger partial charge in [0.25, 0.3) is 5.69 Å². The molecule has 1 heterocycles. The van der Waals surface area contributed by atoms with Crippen LogP contribution < -0.4 is 10.6 Å². The van der Waals surface area contributed by atoms with Crippen LogP contribution in [0.1, 0.15) is 12.6 Å². The molecule has 0 aliphatic heterocycles. The lowest BCUT2D eigenvalue weighted by molar-refractivity contribution is -0.384. The number of anilines is 1. The molecule has 0 spiro atoms. The Balaban J connectivity index is 1.89. The molecule has 0 aliphatic carbocycles. The third-order valence-electron chi connectivity index (χ3n) is 2.76. The second kappa shape index (κ2) is 6.80. The molecule has 2 N–H and O–H groups in total. The summed E-state index contributed by atoms with van der Waals surface area (Å²) in [5.41, 5.74) is 1.46. The summed E-state index contributed by atoms with van der Waals surface area (Å²) in [6.07, 6.45) is 1.90. The van der Waals surface area contributed by atoms with E-state index in [2.05, 4.69) is 15.7 Å². The van der Waals surface area contributed by atoms with E-state index in [1.165, 1.54) is 12.1 Å². The SMILES string of the molecule is CCn1ccc(CNC(=S)Nc2cccc([N+](=O)[O-])c2)n1. The summed E-state index contributed by atoms with van der Waals surface area (Å²) in [6.45, 7) is 3.32. The van der Waals surface area contributed by atoms with Gasteiger partial charge in [-0.1, -0.05) is 6.07 Å². The standard InChI is InChI=1S/C13H15N5O2S/c1-2-17-7-6-11(16-17)9-14-13(21)15-10-4-3-5-12(8-10)18(19)20/h3-8H,2,9H2,1H3,(H2,14,15,21). The molecule has 8 heteroatoms. The molecule has 7 nitrogen and oxygen atoms in total. The summed E-state index contributed by atoms with van der Waals surface area (Å²) in [7, 11) is 0. The summed E-state index contributed by atoms with van der Waals surface area (Å²) in [5.74, 6) is 0. The van der Waals surface area contributed by atoms with Gasteiger partial charge in [0.2, 0.25) is 0 Å². The van der Waals surface area contributed by atoms with Crippen molar-refractivity contribution >= 4 is 28.7 Å². The Kier molecular flexibility index (Phi) is 4.83. The zero-order chi connectivity index (χ0) is 15.2. The van der Waals surface area contributed by atoms with Crippen LogP contribution in [-0.2, 0) is 13.1 Å². The molecular weight excluding hydrogens is 290 g/mol. The molecular formula is C13H15N5O2S. The van der Waals surface area contributed by atoms with Crippen molar-refractivity contribution in [3.05, 3.63) is 52.3 Å². The molecule has 0 radical (unpaired) electrons. The van der Waals surface area contributed by atoms with Crippen LogP contribution in [0.2, 0.25) is 0 Å². The molecule has 0 bridgehead atoms. The van der Waals surface area contributed by atoms with Crippen LogP contribution >= 0.6 is 12.2 Å². The van der Waals surface area contributed by atoms with Crippen molar-refractivity contribution in [1.29, 1.82) is 0 Å². The number of nitro groups is 1. The second-order valence-electron chi connectivity index (χ2n) is 4.28. The normalized spacial score (nSPS) is 10.1. The minimum atomic E-state index is -0.445. The summed E-state index contributed by atoms with van der Waals surface area (Å²) < 4.78 is 1.83. The van der Waals surface area contributed by atoms with Crippen LogP contribution in [0.4, 0.5) is 11.4 Å². The van der Waals surface area contributed by atoms with E-state index in [0.717, 1.165) is 12.2 Å². The molecule has 0 amide bonds. The topological polar surface area (TPSA) is 85.0 Å². The average molecular weight is 305 g/mol. The number of hydrogen-bond donors (Lipinski definition) is 2. The molecule has 0 saturated heterocycles. The number of aromatic nitrogens is 2. The van der Waals surface area contributed by atoms with E-state index in [9.17, 15) is 10.1 Å². The lowest BCUT2D eigenvalue weighted by Gasteiger charge is -2.09. The first-order chi connectivity index (χ1) is 10.1. The largest absolute Gasteiger partial charge is 0.357 e. The number of rotatable bonds is 5. The van der Waals surface area contributed by atoms with Gasteiger partial charge < -0.3 is 10.6 Å². The Morgan fingerprint density at radius 3 is 2.95 bits per heavy atom. The van der Waals surface area contributed by atoms with Crippen molar-refractivity contribution in [2.24, 2.45) is 0 Å².